The summed E-state index contributed by atoms with van der Waals surface area (Å²) in [4.78, 5) is 11.8. The van der Waals surface area contributed by atoms with Crippen molar-refractivity contribution in [2.75, 3.05) is 24.5 Å². The molecule has 184 valence electrons. The van der Waals surface area contributed by atoms with E-state index in [1.54, 1.807) is 24.3 Å². The molecule has 7 nitrogen and oxygen atoms in total. The molecule has 0 radical (unpaired) electrons. The zero-order valence-corrected chi connectivity index (χ0v) is 20.9. The highest BCUT2D eigenvalue weighted by molar-refractivity contribution is 7.89. The Kier molecular flexibility index (Phi) is 6.65. The molecule has 3 heterocycles. The number of nitrogens with zero attached hydrogens (tertiary/aromatic N) is 4. The first-order valence-electron chi connectivity index (χ1n) is 11.6. The number of piperidine rings is 1. The third-order valence-electron chi connectivity index (χ3n) is 6.49. The average Bonchev–Trinajstić information content (AvgIpc) is 2.84. The fraction of sp³-hybridized carbons (Fsp3) is 0.360. The molecular formula is C25H26ClFN4O3S. The van der Waals surface area contributed by atoms with Crippen LogP contribution in [0.15, 0.2) is 53.4 Å². The Labute approximate surface area is 209 Å². The van der Waals surface area contributed by atoms with Gasteiger partial charge in [-0.2, -0.15) is 9.29 Å². The number of benzene rings is 2. The van der Waals surface area contributed by atoms with Crippen LogP contribution in [0.1, 0.15) is 31.0 Å². The first-order valence-corrected chi connectivity index (χ1v) is 13.5. The summed E-state index contributed by atoms with van der Waals surface area (Å²) < 4.78 is 47.9. The van der Waals surface area contributed by atoms with Crippen LogP contribution in [-0.2, 0) is 23.0 Å². The largest absolute Gasteiger partial charge is 0.438 e. The molecule has 10 heteroatoms. The summed E-state index contributed by atoms with van der Waals surface area (Å²) in [7, 11) is -3.79. The second-order valence-corrected chi connectivity index (χ2v) is 11.4. The van der Waals surface area contributed by atoms with E-state index >= 15 is 0 Å². The van der Waals surface area contributed by atoms with E-state index in [9.17, 15) is 12.8 Å². The second kappa shape index (κ2) is 9.72. The fourth-order valence-corrected chi connectivity index (χ4v) is 6.12. The van der Waals surface area contributed by atoms with Crippen molar-refractivity contribution in [1.29, 1.82) is 0 Å². The van der Waals surface area contributed by atoms with Gasteiger partial charge in [-0.05, 0) is 49.1 Å². The van der Waals surface area contributed by atoms with Gasteiger partial charge in [-0.15, -0.1) is 0 Å². The molecule has 0 N–H and O–H groups in total. The third kappa shape index (κ3) is 5.12. The highest BCUT2D eigenvalue weighted by atomic mass is 35.5. The number of hydrogen-bond donors (Lipinski definition) is 0. The van der Waals surface area contributed by atoms with Gasteiger partial charge in [0.25, 0.3) is 0 Å². The number of aromatic nitrogens is 2. The molecule has 0 amide bonds. The summed E-state index contributed by atoms with van der Waals surface area (Å²) in [6.07, 6.45) is 2.51. The van der Waals surface area contributed by atoms with Crippen molar-refractivity contribution in [1.82, 2.24) is 14.3 Å². The standard InChI is InChI=1S/C25H26ClFN4O3S/c1-17-8-11-30(12-9-17)25-28-23-10-13-31(35(32,33)21-7-2-4-18(26)14-21)16-22(23)24(29-25)34-20-6-3-5-19(27)15-20/h2-7,14-15,17H,8-13,16H2,1H3. The normalized spacial score (nSPS) is 17.3. The second-order valence-electron chi connectivity index (χ2n) is 9.03. The lowest BCUT2D eigenvalue weighted by molar-refractivity contribution is 0.367. The predicted molar refractivity (Wildman–Crippen MR) is 132 cm³/mol. The van der Waals surface area contributed by atoms with Gasteiger partial charge in [-0.1, -0.05) is 30.7 Å². The van der Waals surface area contributed by atoms with Gasteiger partial charge in [0.05, 0.1) is 16.2 Å². The Bertz CT molecular complexity index is 1350. The molecule has 5 rings (SSSR count). The van der Waals surface area contributed by atoms with E-state index in [0.717, 1.165) is 31.6 Å². The summed E-state index contributed by atoms with van der Waals surface area (Å²) in [6, 6.07) is 12.0. The van der Waals surface area contributed by atoms with Crippen LogP contribution in [0.2, 0.25) is 5.02 Å². The van der Waals surface area contributed by atoms with E-state index in [1.807, 2.05) is 0 Å². The number of halogens is 2. The van der Waals surface area contributed by atoms with Crippen LogP contribution < -0.4 is 9.64 Å². The van der Waals surface area contributed by atoms with Crippen LogP contribution >= 0.6 is 11.6 Å². The van der Waals surface area contributed by atoms with Gasteiger partial charge >= 0.3 is 0 Å². The number of sulfonamides is 1. The maximum Gasteiger partial charge on any atom is 0.243 e. The lowest BCUT2D eigenvalue weighted by atomic mass is 9.99. The molecule has 0 unspecified atom stereocenters. The molecule has 2 aliphatic heterocycles. The van der Waals surface area contributed by atoms with Gasteiger partial charge in [0.2, 0.25) is 21.9 Å². The van der Waals surface area contributed by atoms with Crippen LogP contribution in [0.5, 0.6) is 11.6 Å². The van der Waals surface area contributed by atoms with Crippen molar-refractivity contribution >= 4 is 27.6 Å². The Balaban J connectivity index is 1.51. The molecule has 0 atom stereocenters. The predicted octanol–water partition coefficient (Wildman–Crippen LogP) is 5.04. The minimum atomic E-state index is -3.79. The van der Waals surface area contributed by atoms with Gasteiger partial charge in [-0.3, -0.25) is 0 Å². The van der Waals surface area contributed by atoms with Crippen molar-refractivity contribution in [3.63, 3.8) is 0 Å². The maximum absolute atomic E-state index is 13.8. The van der Waals surface area contributed by atoms with E-state index in [-0.39, 0.29) is 23.9 Å². The monoisotopic (exact) mass is 516 g/mol. The van der Waals surface area contributed by atoms with Gasteiger partial charge in [0.15, 0.2) is 0 Å². The van der Waals surface area contributed by atoms with Crippen LogP contribution in [0.3, 0.4) is 0 Å². The number of ether oxygens (including phenoxy) is 1. The van der Waals surface area contributed by atoms with Crippen molar-refractivity contribution in [3.05, 3.63) is 70.6 Å². The fourth-order valence-electron chi connectivity index (χ4n) is 4.40. The molecule has 1 saturated heterocycles. The highest BCUT2D eigenvalue weighted by Gasteiger charge is 2.33. The van der Waals surface area contributed by atoms with Crippen LogP contribution in [0, 0.1) is 11.7 Å². The molecule has 0 spiro atoms. The summed E-state index contributed by atoms with van der Waals surface area (Å²) in [5, 5.41) is 0.349. The Morgan fingerprint density at radius 2 is 1.83 bits per heavy atom. The van der Waals surface area contributed by atoms with Crippen molar-refractivity contribution in [2.24, 2.45) is 5.92 Å². The van der Waals surface area contributed by atoms with Gasteiger partial charge < -0.3 is 9.64 Å². The van der Waals surface area contributed by atoms with E-state index in [2.05, 4.69) is 11.8 Å². The van der Waals surface area contributed by atoms with Gasteiger partial charge in [0.1, 0.15) is 11.6 Å². The zero-order valence-electron chi connectivity index (χ0n) is 19.3. The summed E-state index contributed by atoms with van der Waals surface area (Å²) in [6.45, 7) is 4.24. The Morgan fingerprint density at radius 1 is 1.06 bits per heavy atom. The number of anilines is 1. The topological polar surface area (TPSA) is 75.6 Å². The average molecular weight is 517 g/mol. The molecule has 0 saturated carbocycles. The lowest BCUT2D eigenvalue weighted by Gasteiger charge is -2.33. The molecule has 35 heavy (non-hydrogen) atoms. The SMILES string of the molecule is CC1CCN(c2nc3c(c(Oc4cccc(F)c4)n2)CN(S(=O)(=O)c2cccc(Cl)c2)CC3)CC1. The summed E-state index contributed by atoms with van der Waals surface area (Å²) in [5.74, 6) is 1.32. The Hall–Kier alpha value is -2.75. The molecule has 2 aromatic carbocycles. The summed E-state index contributed by atoms with van der Waals surface area (Å²) >= 11 is 6.04. The highest BCUT2D eigenvalue weighted by Crippen LogP contribution is 2.34. The smallest absolute Gasteiger partial charge is 0.243 e. The molecule has 1 fully saturated rings. The number of fused-ring (bicyclic) bond motifs is 1. The van der Waals surface area contributed by atoms with Crippen LogP contribution in [0.25, 0.3) is 0 Å². The molecule has 2 aliphatic rings. The quantitative estimate of drug-likeness (QED) is 0.472. The van der Waals surface area contributed by atoms with Crippen molar-refractivity contribution < 1.29 is 17.5 Å². The van der Waals surface area contributed by atoms with Crippen molar-refractivity contribution in [3.8, 4) is 11.6 Å². The van der Waals surface area contributed by atoms with Gasteiger partial charge in [-0.25, -0.2) is 17.8 Å². The van der Waals surface area contributed by atoms with Crippen LogP contribution in [-0.4, -0.2) is 42.3 Å². The number of rotatable bonds is 5. The first-order chi connectivity index (χ1) is 16.8. The molecular weight excluding hydrogens is 491 g/mol. The minimum Gasteiger partial charge on any atom is -0.438 e. The number of hydrogen-bond acceptors (Lipinski definition) is 6. The van der Waals surface area contributed by atoms with Crippen LogP contribution in [0.4, 0.5) is 10.3 Å². The van der Waals surface area contributed by atoms with E-state index in [4.69, 9.17) is 26.3 Å². The Morgan fingerprint density at radius 3 is 2.57 bits per heavy atom. The maximum atomic E-state index is 13.8. The third-order valence-corrected chi connectivity index (χ3v) is 8.56. The molecule has 0 bridgehead atoms. The minimum absolute atomic E-state index is 0.0478. The zero-order chi connectivity index (χ0) is 24.6. The van der Waals surface area contributed by atoms with E-state index < -0.39 is 15.8 Å². The summed E-state index contributed by atoms with van der Waals surface area (Å²) in [5.41, 5.74) is 1.33. The molecule has 0 aliphatic carbocycles. The van der Waals surface area contributed by atoms with E-state index in [1.165, 1.54) is 28.6 Å². The van der Waals surface area contributed by atoms with Gasteiger partial charge in [0, 0.05) is 43.7 Å². The molecule has 1 aromatic heterocycles. The first kappa shape index (κ1) is 24.0. The lowest BCUT2D eigenvalue weighted by Crippen LogP contribution is -2.38. The van der Waals surface area contributed by atoms with E-state index in [0.29, 0.717) is 34.6 Å². The van der Waals surface area contributed by atoms with Crippen molar-refractivity contribution in [2.45, 2.75) is 37.6 Å². The molecule has 3 aromatic rings.